The number of aryl methyl sites for hydroxylation is 1. The van der Waals surface area contributed by atoms with Crippen LogP contribution in [0.2, 0.25) is 0 Å². The molecule has 0 aliphatic heterocycles. The van der Waals surface area contributed by atoms with Crippen LogP contribution in [-0.2, 0) is 0 Å². The first-order valence-corrected chi connectivity index (χ1v) is 11.0. The quantitative estimate of drug-likeness (QED) is 0.408. The average molecular weight is 447 g/mol. The number of nitrogens with zero attached hydrogens (tertiary/aromatic N) is 4. The van der Waals surface area contributed by atoms with Gasteiger partial charge in [-0.1, -0.05) is 53.7 Å². The number of para-hydroxylation sites is 1. The van der Waals surface area contributed by atoms with Crippen molar-refractivity contribution in [2.75, 3.05) is 5.75 Å². The minimum absolute atomic E-state index is 0.180. The van der Waals surface area contributed by atoms with Gasteiger partial charge in [-0.25, -0.2) is 8.96 Å². The smallest absolute Gasteiger partial charge is 0.267 e. The lowest BCUT2D eigenvalue weighted by Gasteiger charge is -2.13. The summed E-state index contributed by atoms with van der Waals surface area (Å²) < 4.78 is 16.9. The summed E-state index contributed by atoms with van der Waals surface area (Å²) in [7, 11) is 0. The van der Waals surface area contributed by atoms with Crippen LogP contribution in [-0.4, -0.2) is 30.0 Å². The molecule has 0 spiro atoms. The molecule has 0 aliphatic rings. The van der Waals surface area contributed by atoms with Gasteiger partial charge < -0.3 is 5.11 Å². The fourth-order valence-electron chi connectivity index (χ4n) is 3.66. The summed E-state index contributed by atoms with van der Waals surface area (Å²) in [4.78, 5) is 13.3. The highest BCUT2D eigenvalue weighted by Crippen LogP contribution is 2.27. The topological polar surface area (TPSA) is 72.4 Å². The minimum Gasteiger partial charge on any atom is -0.388 e. The van der Waals surface area contributed by atoms with Crippen molar-refractivity contribution in [1.29, 1.82) is 0 Å². The van der Waals surface area contributed by atoms with E-state index in [0.717, 1.165) is 5.56 Å². The second kappa shape index (κ2) is 8.22. The van der Waals surface area contributed by atoms with Gasteiger partial charge in [0, 0.05) is 5.75 Å². The Hall–Kier alpha value is -3.49. The van der Waals surface area contributed by atoms with Gasteiger partial charge in [-0.2, -0.15) is 0 Å². The van der Waals surface area contributed by atoms with Crippen LogP contribution in [0, 0.1) is 12.7 Å². The molecule has 0 aliphatic carbocycles. The Morgan fingerprint density at radius 2 is 1.81 bits per heavy atom. The Morgan fingerprint density at radius 1 is 1.03 bits per heavy atom. The monoisotopic (exact) mass is 446 g/mol. The number of hydrogen-bond donors (Lipinski definition) is 1. The van der Waals surface area contributed by atoms with Gasteiger partial charge in [-0.3, -0.25) is 9.20 Å². The number of aromatic nitrogens is 4. The SMILES string of the molecule is Cc1ccc(-n2c(=O)c3ccccc3n3c(SCC(O)c4cccc(F)c4)nnc23)cc1. The molecular weight excluding hydrogens is 427 g/mol. The summed E-state index contributed by atoms with van der Waals surface area (Å²) in [6.45, 7) is 1.98. The molecule has 32 heavy (non-hydrogen) atoms. The van der Waals surface area contributed by atoms with Gasteiger partial charge in [-0.05, 0) is 48.9 Å². The molecule has 2 aromatic heterocycles. The third-order valence-electron chi connectivity index (χ3n) is 5.29. The first-order valence-electron chi connectivity index (χ1n) is 10.0. The zero-order valence-electron chi connectivity index (χ0n) is 17.1. The lowest BCUT2D eigenvalue weighted by Crippen LogP contribution is -2.21. The molecule has 160 valence electrons. The van der Waals surface area contributed by atoms with E-state index in [2.05, 4.69) is 10.2 Å². The molecule has 5 aromatic rings. The number of halogens is 1. The number of aliphatic hydroxyl groups is 1. The van der Waals surface area contributed by atoms with Crippen molar-refractivity contribution in [3.05, 3.63) is 100 Å². The Morgan fingerprint density at radius 3 is 2.59 bits per heavy atom. The Balaban J connectivity index is 1.62. The zero-order valence-corrected chi connectivity index (χ0v) is 18.0. The van der Waals surface area contributed by atoms with Crippen LogP contribution in [0.5, 0.6) is 0 Å². The maximum absolute atomic E-state index is 13.5. The normalized spacial score (nSPS) is 12.5. The number of thioether (sulfide) groups is 1. The predicted octanol–water partition coefficient (Wildman–Crippen LogP) is 4.31. The third kappa shape index (κ3) is 3.57. The van der Waals surface area contributed by atoms with Crippen LogP contribution in [0.25, 0.3) is 22.4 Å². The van der Waals surface area contributed by atoms with E-state index in [9.17, 15) is 14.3 Å². The fraction of sp³-hybridized carbons (Fsp3) is 0.125. The standard InChI is InChI=1S/C24H19FN4O2S/c1-15-9-11-18(12-10-15)28-22(31)19-7-2-3-8-20(19)29-23(28)26-27-24(29)32-14-21(30)16-5-4-6-17(25)13-16/h2-13,21,30H,14H2,1H3. The second-order valence-electron chi connectivity index (χ2n) is 7.49. The summed E-state index contributed by atoms with van der Waals surface area (Å²) in [6.07, 6.45) is -0.877. The fourth-order valence-corrected chi connectivity index (χ4v) is 4.57. The van der Waals surface area contributed by atoms with Gasteiger partial charge in [0.25, 0.3) is 5.56 Å². The first-order chi connectivity index (χ1) is 15.5. The number of rotatable bonds is 5. The highest BCUT2D eigenvalue weighted by molar-refractivity contribution is 7.99. The molecule has 0 bridgehead atoms. The molecule has 5 rings (SSSR count). The summed E-state index contributed by atoms with van der Waals surface area (Å²) in [5, 5.41) is 20.2. The van der Waals surface area contributed by atoms with E-state index in [4.69, 9.17) is 0 Å². The Bertz CT molecular complexity index is 1490. The maximum atomic E-state index is 13.5. The van der Waals surface area contributed by atoms with Crippen molar-refractivity contribution in [1.82, 2.24) is 19.2 Å². The molecule has 6 nitrogen and oxygen atoms in total. The lowest BCUT2D eigenvalue weighted by molar-refractivity contribution is 0.203. The summed E-state index contributed by atoms with van der Waals surface area (Å²) in [5.74, 6) is 0.246. The highest BCUT2D eigenvalue weighted by atomic mass is 32.2. The van der Waals surface area contributed by atoms with Gasteiger partial charge in [0.05, 0.1) is 22.7 Å². The van der Waals surface area contributed by atoms with E-state index in [-0.39, 0.29) is 11.3 Å². The predicted molar refractivity (Wildman–Crippen MR) is 123 cm³/mol. The van der Waals surface area contributed by atoms with Crippen LogP contribution < -0.4 is 5.56 Å². The van der Waals surface area contributed by atoms with Gasteiger partial charge in [0.1, 0.15) is 5.82 Å². The van der Waals surface area contributed by atoms with Gasteiger partial charge >= 0.3 is 0 Å². The van der Waals surface area contributed by atoms with Crippen molar-refractivity contribution < 1.29 is 9.50 Å². The molecule has 0 fully saturated rings. The number of hydrogen-bond acceptors (Lipinski definition) is 5. The lowest BCUT2D eigenvalue weighted by atomic mass is 10.1. The van der Waals surface area contributed by atoms with Crippen LogP contribution >= 0.6 is 11.8 Å². The molecule has 2 heterocycles. The van der Waals surface area contributed by atoms with Gasteiger partial charge in [0.15, 0.2) is 5.16 Å². The number of aliphatic hydroxyl groups excluding tert-OH is 1. The Kier molecular flexibility index (Phi) is 5.24. The van der Waals surface area contributed by atoms with E-state index in [1.54, 1.807) is 22.8 Å². The van der Waals surface area contributed by atoms with Gasteiger partial charge in [0.2, 0.25) is 5.78 Å². The molecular formula is C24H19FN4O2S. The number of benzene rings is 3. The van der Waals surface area contributed by atoms with E-state index in [1.165, 1.54) is 23.9 Å². The molecule has 8 heteroatoms. The van der Waals surface area contributed by atoms with Crippen LogP contribution in [0.1, 0.15) is 17.2 Å². The van der Waals surface area contributed by atoms with Crippen molar-refractivity contribution in [2.45, 2.75) is 18.2 Å². The van der Waals surface area contributed by atoms with Crippen LogP contribution in [0.3, 0.4) is 0 Å². The molecule has 0 amide bonds. The van der Waals surface area contributed by atoms with E-state index >= 15 is 0 Å². The van der Waals surface area contributed by atoms with Crippen molar-refractivity contribution in [2.24, 2.45) is 0 Å². The van der Waals surface area contributed by atoms with Crippen molar-refractivity contribution in [3.8, 4) is 5.69 Å². The molecule has 1 unspecified atom stereocenters. The van der Waals surface area contributed by atoms with Crippen molar-refractivity contribution >= 4 is 28.4 Å². The molecule has 0 saturated heterocycles. The maximum Gasteiger partial charge on any atom is 0.267 e. The van der Waals surface area contributed by atoms with E-state index < -0.39 is 11.9 Å². The highest BCUT2D eigenvalue weighted by Gasteiger charge is 2.19. The van der Waals surface area contributed by atoms with E-state index in [0.29, 0.717) is 33.1 Å². The van der Waals surface area contributed by atoms with Gasteiger partial charge in [-0.15, -0.1) is 10.2 Å². The first kappa shape index (κ1) is 20.4. The summed E-state index contributed by atoms with van der Waals surface area (Å²) in [5.41, 5.74) is 2.78. The zero-order chi connectivity index (χ0) is 22.2. The van der Waals surface area contributed by atoms with E-state index in [1.807, 2.05) is 53.8 Å². The molecule has 0 radical (unpaired) electrons. The van der Waals surface area contributed by atoms with Crippen LogP contribution in [0.15, 0.2) is 82.7 Å². The molecule has 0 saturated carbocycles. The second-order valence-corrected chi connectivity index (χ2v) is 8.48. The molecule has 1 N–H and O–H groups in total. The third-order valence-corrected chi connectivity index (χ3v) is 6.30. The summed E-state index contributed by atoms with van der Waals surface area (Å²) in [6, 6.07) is 20.8. The minimum atomic E-state index is -0.877. The van der Waals surface area contributed by atoms with Crippen molar-refractivity contribution in [3.63, 3.8) is 0 Å². The average Bonchev–Trinajstić information content (AvgIpc) is 3.22. The summed E-state index contributed by atoms with van der Waals surface area (Å²) >= 11 is 1.29. The molecule has 3 aromatic carbocycles. The molecule has 1 atom stereocenters. The van der Waals surface area contributed by atoms with Crippen LogP contribution in [0.4, 0.5) is 4.39 Å². The largest absolute Gasteiger partial charge is 0.388 e. The number of fused-ring (bicyclic) bond motifs is 3. The Labute approximate surface area is 187 Å².